The second kappa shape index (κ2) is 78.2. The molecular formula is C96H192BCl2KO11. The first kappa shape index (κ1) is 131. The molecule has 0 spiro atoms. The van der Waals surface area contributed by atoms with Gasteiger partial charge in [0.05, 0.1) is 19.3 Å². The van der Waals surface area contributed by atoms with Crippen LogP contribution in [0, 0.1) is 55.2 Å². The molecule has 0 amide bonds. The van der Waals surface area contributed by atoms with Gasteiger partial charge in [0, 0.05) is 81.8 Å². The second-order valence-corrected chi connectivity index (χ2v) is 39.9. The van der Waals surface area contributed by atoms with Crippen molar-refractivity contribution in [1.82, 2.24) is 0 Å². The molecule has 15 heteroatoms. The van der Waals surface area contributed by atoms with Crippen molar-refractivity contribution in [3.63, 3.8) is 0 Å². The van der Waals surface area contributed by atoms with Crippen molar-refractivity contribution in [2.75, 3.05) is 71.9 Å². The number of carbonyl (C=O) groups is 2. The molecule has 111 heavy (non-hydrogen) atoms. The van der Waals surface area contributed by atoms with Crippen LogP contribution in [0.15, 0.2) is 62.3 Å². The zero-order valence-corrected chi connectivity index (χ0v) is 85.2. The Balaban J connectivity index is -0.000000126. The van der Waals surface area contributed by atoms with Gasteiger partial charge in [0.15, 0.2) is 0 Å². The summed E-state index contributed by atoms with van der Waals surface area (Å²) in [5.41, 5.74) is 3.86. The third kappa shape index (κ3) is 121. The maximum absolute atomic E-state index is 10.8. The molecule has 4 aliphatic heterocycles. The molecule has 11 nitrogen and oxygen atoms in total. The molecule has 0 saturated carbocycles. The van der Waals surface area contributed by atoms with Crippen LogP contribution in [0.25, 0.3) is 0 Å². The van der Waals surface area contributed by atoms with Crippen molar-refractivity contribution in [1.29, 1.82) is 0 Å². The van der Waals surface area contributed by atoms with Gasteiger partial charge in [0.1, 0.15) is 7.85 Å². The molecule has 0 aliphatic carbocycles. The molecule has 4 saturated heterocycles. The van der Waals surface area contributed by atoms with E-state index in [9.17, 15) is 14.7 Å². The Kier molecular flexibility index (Phi) is 92.5. The quantitative estimate of drug-likeness (QED) is 0.0161. The first-order valence-corrected chi connectivity index (χ1v) is 44.1. The molecule has 4 fully saturated rings. The molecule has 660 valence electrons. The summed E-state index contributed by atoms with van der Waals surface area (Å²) < 4.78 is 29.8. The molecule has 0 bridgehead atoms. The standard InChI is InChI=1S/C12H22O2.C11H20O2.C9H19Cl.C9H17Cl.C9H20O.C9H18.C8H18O.C8H16.C5H10O.C4H7BO.2C4H8O.C4H9O.K/c1-6-11(13)14-9-10(3)8-12(4,5)7-2;1-5-10(12)13-9-7-8-11(3,4)6-2;1-6-8(2,3)7-9(4,5)10;1-4-9(2,3)7-5-6-8-10;1-5-9(3,4)6-8(2)7-10;1-6-9(4,5)7-8(2)3;1-4-8(2,3)6-5-7-9;1-5-7-8(3,4)6-2;1-5-3-2-4-6-5;5-4-2-1-3-6-4;2*1-2-4-5-3-1;1-4(2,3)5;/h6,10H,1,7-9H2,2-5H3;5H,1,6-9H2,2-4H3;6-7H2,1-5H3;5-6H,4,7-8H2,1-3H3;8,10H,5-7H2,1-4H3;2,6-7H2,1,3-5H3;9H,4-7H2,1-3H3;5H,1,6-7H2,2-4H3;5H,2-4H2,1H3;4H,1-3H2;2*1-4H2;1-3H3;/q;;;;;;;;;;;;-1;+1/b;;;6-5+;;;;;;;;;;. The molecule has 0 aromatic heterocycles. The van der Waals surface area contributed by atoms with Gasteiger partial charge in [-0.15, -0.1) is 42.0 Å². The van der Waals surface area contributed by atoms with Crippen LogP contribution >= 0.6 is 23.2 Å². The number of hydrogen-bond donors (Lipinski definition) is 2. The molecule has 4 atom stereocenters. The molecule has 4 aliphatic rings. The van der Waals surface area contributed by atoms with Crippen molar-refractivity contribution in [3.8, 4) is 0 Å². The van der Waals surface area contributed by atoms with Gasteiger partial charge in [-0.2, -0.15) is 0 Å². The number of hydrogen-bond acceptors (Lipinski definition) is 11. The van der Waals surface area contributed by atoms with Gasteiger partial charge < -0.3 is 43.7 Å². The summed E-state index contributed by atoms with van der Waals surface area (Å²) >= 11 is 11.6. The van der Waals surface area contributed by atoms with Crippen LogP contribution in [-0.2, 0) is 38.0 Å². The summed E-state index contributed by atoms with van der Waals surface area (Å²) in [6.07, 6.45) is 39.3. The number of alkyl halides is 2. The number of rotatable bonds is 33. The van der Waals surface area contributed by atoms with E-state index in [-0.39, 0.29) is 74.2 Å². The summed E-state index contributed by atoms with van der Waals surface area (Å²) in [6.45, 7) is 92.9. The number of halogens is 2. The Morgan fingerprint density at radius 1 is 0.532 bits per heavy atom. The van der Waals surface area contributed by atoms with E-state index in [2.05, 4.69) is 240 Å². The van der Waals surface area contributed by atoms with Crippen LogP contribution in [-0.4, -0.2) is 125 Å². The Hall–Kier alpha value is -0.359. The number of aliphatic hydroxyl groups excluding tert-OH is 2. The van der Waals surface area contributed by atoms with Gasteiger partial charge in [0.25, 0.3) is 0 Å². The van der Waals surface area contributed by atoms with E-state index < -0.39 is 5.60 Å². The average molecular weight is 1640 g/mol. The smallest absolute Gasteiger partial charge is 0.850 e. The zero-order chi connectivity index (χ0) is 88.0. The minimum atomic E-state index is -0.750. The van der Waals surface area contributed by atoms with E-state index in [0.29, 0.717) is 93.6 Å². The summed E-state index contributed by atoms with van der Waals surface area (Å²) in [5, 5.41) is 27.4. The summed E-state index contributed by atoms with van der Waals surface area (Å²) in [6, 6.07) is 0.0463. The van der Waals surface area contributed by atoms with Gasteiger partial charge in [-0.1, -0.05) is 289 Å². The molecule has 2 N–H and O–H groups in total. The summed E-state index contributed by atoms with van der Waals surface area (Å²) in [7, 11) is 5.31. The molecule has 0 aromatic carbocycles. The molecule has 4 rings (SSSR count). The van der Waals surface area contributed by atoms with Gasteiger partial charge in [0.2, 0.25) is 0 Å². The summed E-state index contributed by atoms with van der Waals surface area (Å²) in [4.78, 5) is 21.4. The van der Waals surface area contributed by atoms with Crippen LogP contribution in [0.3, 0.4) is 0 Å². The fourth-order valence-corrected chi connectivity index (χ4v) is 10.5. The fraction of sp³-hybridized carbons (Fsp3) is 0.875. The monoisotopic (exact) mass is 1640 g/mol. The minimum Gasteiger partial charge on any atom is -0.850 e. The predicted octanol–water partition coefficient (Wildman–Crippen LogP) is 24.8. The molecular weight excluding hydrogens is 1450 g/mol. The maximum atomic E-state index is 10.8. The Bertz CT molecular complexity index is 2060. The van der Waals surface area contributed by atoms with E-state index in [1.54, 1.807) is 20.8 Å². The number of allylic oxidation sites excluding steroid dienone is 4. The van der Waals surface area contributed by atoms with E-state index in [1.165, 1.54) is 94.8 Å². The topological polar surface area (TPSA) is 153 Å². The van der Waals surface area contributed by atoms with Crippen molar-refractivity contribution in [2.24, 2.45) is 55.2 Å². The summed E-state index contributed by atoms with van der Waals surface area (Å²) in [5.74, 6) is 0.851. The van der Waals surface area contributed by atoms with Gasteiger partial charge >= 0.3 is 63.3 Å². The SMILES string of the molecule is C1CCOC1.C1CCOC1.C=C(C)CC(C)(C)CC.C=CC(=O)OCC(C)CC(C)(C)CC.C=CC(=O)OCCCC(C)(C)CC.C=CCC(C)(C)CC.CC(C)(C)[O-].CC1CCCO1.CCC(C)(C)C/C=C/CCl.CCC(C)(C)CC(C)(C)Cl.CCC(C)(C)CC(C)CO.CCC(C)(C)CCCO.[B]C1CCCO1.[K+]. The zero-order valence-electron chi connectivity index (χ0n) is 80.6. The first-order chi connectivity index (χ1) is 50.3. The molecule has 4 unspecified atom stereocenters. The van der Waals surface area contributed by atoms with Gasteiger partial charge in [-0.25, -0.2) is 9.59 Å². The van der Waals surface area contributed by atoms with E-state index >= 15 is 0 Å². The first-order valence-electron chi connectivity index (χ1n) is 43.1. The minimum absolute atomic E-state index is 0. The third-order valence-electron chi connectivity index (χ3n) is 19.9. The van der Waals surface area contributed by atoms with Crippen molar-refractivity contribution >= 4 is 43.0 Å². The average Bonchev–Trinajstić information content (AvgIpc) is 1.24. The van der Waals surface area contributed by atoms with Gasteiger partial charge in [-0.3, -0.25) is 0 Å². The van der Waals surface area contributed by atoms with Crippen LogP contribution in [0.5, 0.6) is 0 Å². The molecule has 2 radical (unpaired) electrons. The number of aliphatic hydroxyl groups is 2. The number of ether oxygens (including phenoxy) is 6. The van der Waals surface area contributed by atoms with E-state index in [4.69, 9.17) is 69.7 Å². The molecule has 0 aromatic rings. The maximum Gasteiger partial charge on any atom is 1.00 e. The number of carbonyl (C=O) groups excluding carboxylic acids is 2. The van der Waals surface area contributed by atoms with Crippen molar-refractivity contribution in [2.45, 2.75) is 418 Å². The van der Waals surface area contributed by atoms with E-state index in [1.807, 2.05) is 12.2 Å². The van der Waals surface area contributed by atoms with Crippen LogP contribution in [0.1, 0.15) is 395 Å². The Morgan fingerprint density at radius 3 is 1.14 bits per heavy atom. The van der Waals surface area contributed by atoms with E-state index in [0.717, 1.165) is 130 Å². The predicted molar refractivity (Wildman–Crippen MR) is 488 cm³/mol. The van der Waals surface area contributed by atoms with Crippen LogP contribution < -0.4 is 56.5 Å². The number of esters is 2. The Labute approximate surface area is 748 Å². The largest absolute Gasteiger partial charge is 1.00 e. The Morgan fingerprint density at radius 2 is 0.901 bits per heavy atom. The normalized spacial score (nSPS) is 15.9. The fourth-order valence-electron chi connectivity index (χ4n) is 9.99. The van der Waals surface area contributed by atoms with Crippen molar-refractivity contribution < 1.29 is 105 Å². The van der Waals surface area contributed by atoms with Crippen molar-refractivity contribution in [3.05, 3.63) is 62.3 Å². The van der Waals surface area contributed by atoms with Gasteiger partial charge in [-0.05, 0) is 198 Å². The van der Waals surface area contributed by atoms with Crippen LogP contribution in [0.2, 0.25) is 0 Å². The second-order valence-electron chi connectivity index (χ2n) is 38.6. The van der Waals surface area contributed by atoms with Crippen LogP contribution in [0.4, 0.5) is 0 Å². The third-order valence-corrected chi connectivity index (χ3v) is 20.3. The molecule has 4 heterocycles.